The van der Waals surface area contributed by atoms with E-state index in [0.29, 0.717) is 36.5 Å². The number of carbonyl (C=O) groups is 2. The van der Waals surface area contributed by atoms with Crippen LogP contribution in [0.4, 0.5) is 0 Å². The maximum Gasteiger partial charge on any atom is 0.251 e. The Labute approximate surface area is 153 Å². The molecule has 0 radical (unpaired) electrons. The minimum Gasteiger partial charge on any atom is -0.356 e. The van der Waals surface area contributed by atoms with Crippen molar-refractivity contribution in [3.63, 3.8) is 0 Å². The molecule has 2 heterocycles. The van der Waals surface area contributed by atoms with Crippen LogP contribution in [0.2, 0.25) is 0 Å². The lowest BCUT2D eigenvalue weighted by Crippen LogP contribution is -2.32. The fourth-order valence-corrected chi connectivity index (χ4v) is 2.01. The van der Waals surface area contributed by atoms with Gasteiger partial charge in [0.2, 0.25) is 5.91 Å². The van der Waals surface area contributed by atoms with Crippen molar-refractivity contribution in [2.75, 3.05) is 13.1 Å². The highest BCUT2D eigenvalue weighted by atomic mass is 16.2. The van der Waals surface area contributed by atoms with E-state index in [1.165, 1.54) is 0 Å². The Morgan fingerprint density at radius 2 is 1.73 bits per heavy atom. The van der Waals surface area contributed by atoms with Gasteiger partial charge in [-0.15, -0.1) is 0 Å². The highest BCUT2D eigenvalue weighted by molar-refractivity contribution is 5.94. The summed E-state index contributed by atoms with van der Waals surface area (Å²) in [7, 11) is 0. The van der Waals surface area contributed by atoms with Crippen LogP contribution in [0.5, 0.6) is 0 Å². The average molecular weight is 350 g/mol. The molecule has 6 nitrogen and oxygen atoms in total. The van der Waals surface area contributed by atoms with Crippen LogP contribution in [-0.4, -0.2) is 34.9 Å². The highest BCUT2D eigenvalue weighted by Crippen LogP contribution is 2.01. The maximum atomic E-state index is 12.2. The zero-order valence-corrected chi connectivity index (χ0v) is 15.0. The number of nitrogens with zero attached hydrogens (tertiary/aromatic N) is 2. The molecule has 0 aromatic carbocycles. The first-order valence-corrected chi connectivity index (χ1v) is 8.51. The van der Waals surface area contributed by atoms with Gasteiger partial charge in [-0.3, -0.25) is 9.59 Å². The lowest BCUT2D eigenvalue weighted by atomic mass is 10.2. The first-order chi connectivity index (χ1) is 12.6. The van der Waals surface area contributed by atoms with Crippen LogP contribution in [-0.2, 0) is 4.79 Å². The number of hydrogen-bond donors (Lipinski definition) is 2. The lowest BCUT2D eigenvalue weighted by Gasteiger charge is -2.08. The number of amides is 2. The molecule has 2 amide bonds. The summed E-state index contributed by atoms with van der Waals surface area (Å²) in [5.74, 6) is 5.60. The summed E-state index contributed by atoms with van der Waals surface area (Å²) >= 11 is 0. The minimum atomic E-state index is -0.191. The molecule has 2 N–H and O–H groups in total. The van der Waals surface area contributed by atoms with Crippen molar-refractivity contribution in [2.45, 2.75) is 20.3 Å². The summed E-state index contributed by atoms with van der Waals surface area (Å²) in [4.78, 5) is 31.9. The van der Waals surface area contributed by atoms with Gasteiger partial charge in [-0.25, -0.2) is 9.97 Å². The number of nitrogens with one attached hydrogen (secondary N) is 2. The standard InChI is InChI=1S/C20H22N4O2/c1-15(2)19(25)23-11-5-12-24-20(26)16-9-13-22-18(14-16)8-7-17-6-3-4-10-21-17/h3-4,6,9-10,13-15H,5,11-12H2,1-2H3,(H,23,25)(H,24,26). The molecule has 0 saturated carbocycles. The number of rotatable bonds is 6. The van der Waals surface area contributed by atoms with E-state index < -0.39 is 0 Å². The van der Waals surface area contributed by atoms with E-state index in [1.54, 1.807) is 24.5 Å². The second kappa shape index (κ2) is 9.94. The summed E-state index contributed by atoms with van der Waals surface area (Å²) in [6.07, 6.45) is 3.90. The third kappa shape index (κ3) is 6.36. The van der Waals surface area contributed by atoms with Gasteiger partial charge in [0, 0.05) is 37.0 Å². The minimum absolute atomic E-state index is 0.0154. The Morgan fingerprint density at radius 3 is 2.46 bits per heavy atom. The van der Waals surface area contributed by atoms with Gasteiger partial charge in [0.05, 0.1) is 0 Å². The molecule has 2 aromatic rings. The molecule has 0 atom stereocenters. The number of aromatic nitrogens is 2. The van der Waals surface area contributed by atoms with Gasteiger partial charge in [0.15, 0.2) is 0 Å². The fourth-order valence-electron chi connectivity index (χ4n) is 2.01. The van der Waals surface area contributed by atoms with E-state index in [0.717, 1.165) is 0 Å². The van der Waals surface area contributed by atoms with E-state index in [4.69, 9.17) is 0 Å². The Morgan fingerprint density at radius 1 is 1.00 bits per heavy atom. The lowest BCUT2D eigenvalue weighted by molar-refractivity contribution is -0.123. The average Bonchev–Trinajstić information content (AvgIpc) is 2.66. The zero-order valence-electron chi connectivity index (χ0n) is 15.0. The quantitative estimate of drug-likeness (QED) is 0.614. The molecular formula is C20H22N4O2. The molecule has 0 saturated heterocycles. The van der Waals surface area contributed by atoms with Crippen LogP contribution in [0.1, 0.15) is 42.0 Å². The number of carbonyl (C=O) groups excluding carboxylic acids is 2. The summed E-state index contributed by atoms with van der Waals surface area (Å²) < 4.78 is 0. The topological polar surface area (TPSA) is 84.0 Å². The Bertz CT molecular complexity index is 807. The third-order valence-corrected chi connectivity index (χ3v) is 3.47. The molecule has 134 valence electrons. The summed E-state index contributed by atoms with van der Waals surface area (Å²) in [6.45, 7) is 4.70. The molecule has 0 bridgehead atoms. The second-order valence-corrected chi connectivity index (χ2v) is 5.95. The van der Waals surface area contributed by atoms with Gasteiger partial charge in [-0.1, -0.05) is 19.9 Å². The molecule has 0 spiro atoms. The Kier molecular flexibility index (Phi) is 7.31. The molecule has 0 aliphatic rings. The molecule has 0 fully saturated rings. The number of hydrogen-bond acceptors (Lipinski definition) is 4. The predicted molar refractivity (Wildman–Crippen MR) is 99.3 cm³/mol. The summed E-state index contributed by atoms with van der Waals surface area (Å²) in [5.41, 5.74) is 1.65. The molecule has 0 aliphatic heterocycles. The fraction of sp³-hybridized carbons (Fsp3) is 0.300. The molecule has 6 heteroatoms. The van der Waals surface area contributed by atoms with E-state index in [9.17, 15) is 9.59 Å². The monoisotopic (exact) mass is 350 g/mol. The zero-order chi connectivity index (χ0) is 18.8. The van der Waals surface area contributed by atoms with E-state index >= 15 is 0 Å². The first kappa shape index (κ1) is 19.1. The van der Waals surface area contributed by atoms with Gasteiger partial charge in [0.1, 0.15) is 11.4 Å². The van der Waals surface area contributed by atoms with Crippen LogP contribution < -0.4 is 10.6 Å². The smallest absolute Gasteiger partial charge is 0.251 e. The second-order valence-electron chi connectivity index (χ2n) is 5.95. The SMILES string of the molecule is CC(C)C(=O)NCCCNC(=O)c1ccnc(C#Cc2ccccn2)c1. The van der Waals surface area contributed by atoms with Crippen molar-refractivity contribution in [2.24, 2.45) is 5.92 Å². The summed E-state index contributed by atoms with van der Waals surface area (Å²) in [5, 5.41) is 5.64. The largest absolute Gasteiger partial charge is 0.356 e. The van der Waals surface area contributed by atoms with Crippen molar-refractivity contribution < 1.29 is 9.59 Å². The normalized spacial score (nSPS) is 9.96. The molecule has 2 aromatic heterocycles. The Balaban J connectivity index is 1.84. The first-order valence-electron chi connectivity index (χ1n) is 8.51. The van der Waals surface area contributed by atoms with Crippen LogP contribution in [0.25, 0.3) is 0 Å². The Hall–Kier alpha value is -3.20. The van der Waals surface area contributed by atoms with Gasteiger partial charge in [-0.05, 0) is 42.5 Å². The van der Waals surface area contributed by atoms with Crippen LogP contribution in [0.15, 0.2) is 42.7 Å². The van der Waals surface area contributed by atoms with Gasteiger partial charge in [0.25, 0.3) is 5.91 Å². The van der Waals surface area contributed by atoms with Crippen molar-refractivity contribution >= 4 is 11.8 Å². The molecular weight excluding hydrogens is 328 g/mol. The maximum absolute atomic E-state index is 12.2. The van der Waals surface area contributed by atoms with Crippen LogP contribution >= 0.6 is 0 Å². The van der Waals surface area contributed by atoms with E-state index in [1.807, 2.05) is 32.0 Å². The van der Waals surface area contributed by atoms with Crippen molar-refractivity contribution in [1.29, 1.82) is 0 Å². The molecule has 2 rings (SSSR count). The van der Waals surface area contributed by atoms with Gasteiger partial charge in [-0.2, -0.15) is 0 Å². The van der Waals surface area contributed by atoms with Crippen molar-refractivity contribution in [1.82, 2.24) is 20.6 Å². The van der Waals surface area contributed by atoms with Gasteiger partial charge >= 0.3 is 0 Å². The summed E-state index contributed by atoms with van der Waals surface area (Å²) in [6, 6.07) is 8.77. The van der Waals surface area contributed by atoms with Crippen molar-refractivity contribution in [3.05, 3.63) is 59.7 Å². The van der Waals surface area contributed by atoms with Gasteiger partial charge < -0.3 is 10.6 Å². The van der Waals surface area contributed by atoms with Crippen LogP contribution in [0, 0.1) is 17.8 Å². The molecule has 26 heavy (non-hydrogen) atoms. The third-order valence-electron chi connectivity index (χ3n) is 3.47. The van der Waals surface area contributed by atoms with E-state index in [-0.39, 0.29) is 17.7 Å². The van der Waals surface area contributed by atoms with Crippen LogP contribution in [0.3, 0.4) is 0 Å². The highest BCUT2D eigenvalue weighted by Gasteiger charge is 2.07. The number of pyridine rings is 2. The predicted octanol–water partition coefficient (Wildman–Crippen LogP) is 1.77. The molecule has 0 unspecified atom stereocenters. The molecule has 0 aliphatic carbocycles. The van der Waals surface area contributed by atoms with E-state index in [2.05, 4.69) is 32.4 Å². The van der Waals surface area contributed by atoms with Crippen molar-refractivity contribution in [3.8, 4) is 11.8 Å².